The number of amides is 7. The normalized spacial score (nSPS) is 12.8. The molecule has 0 aliphatic carbocycles. The highest BCUT2D eigenvalue weighted by Crippen LogP contribution is 2.04. The van der Waals surface area contributed by atoms with Crippen LogP contribution in [0.4, 0.5) is 14.4 Å². The molecule has 1 aliphatic heterocycles. The van der Waals surface area contributed by atoms with Gasteiger partial charge in [-0.15, -0.1) is 0 Å². The summed E-state index contributed by atoms with van der Waals surface area (Å²) >= 11 is 0. The molecule has 1 aliphatic rings. The highest BCUT2D eigenvalue weighted by Gasteiger charge is 2.25. The Morgan fingerprint density at radius 1 is 1.17 bits per heavy atom. The highest BCUT2D eigenvalue weighted by atomic mass is 16.2. The van der Waals surface area contributed by atoms with E-state index < -0.39 is 12.1 Å². The van der Waals surface area contributed by atoms with Gasteiger partial charge in [0.15, 0.2) is 0 Å². The lowest BCUT2D eigenvalue weighted by molar-refractivity contribution is -0.115. The lowest BCUT2D eigenvalue weighted by atomic mass is 10.6. The molecule has 10 heteroatoms. The minimum Gasteiger partial charge on any atom is -0.352 e. The van der Waals surface area contributed by atoms with Crippen molar-refractivity contribution in [3.05, 3.63) is 0 Å². The number of nitrogens with two attached hydrogens (primary N) is 4. The van der Waals surface area contributed by atoms with Gasteiger partial charge < -0.3 is 27.8 Å². The molecule has 0 aromatic carbocycles. The third-order valence-corrected chi connectivity index (χ3v) is 1.64. The number of nitrogens with zero attached hydrogens (tertiary/aromatic N) is 2. The van der Waals surface area contributed by atoms with Crippen molar-refractivity contribution >= 4 is 24.5 Å². The van der Waals surface area contributed by atoms with Crippen molar-refractivity contribution in [2.75, 3.05) is 19.6 Å². The summed E-state index contributed by atoms with van der Waals surface area (Å²) in [6.07, 6.45) is 0.581. The van der Waals surface area contributed by atoms with Crippen molar-refractivity contribution in [2.24, 2.45) is 22.9 Å². The molecule has 0 atom stereocenters. The van der Waals surface area contributed by atoms with Gasteiger partial charge >= 0.3 is 18.1 Å². The minimum atomic E-state index is -0.833. The number of hydrogen-bond acceptors (Lipinski definition) is 4. The molecule has 1 fully saturated rings. The average Bonchev–Trinajstić information content (AvgIpc) is 2.57. The van der Waals surface area contributed by atoms with Crippen molar-refractivity contribution < 1.29 is 19.2 Å². The van der Waals surface area contributed by atoms with E-state index >= 15 is 0 Å². The van der Waals surface area contributed by atoms with E-state index in [0.717, 1.165) is 0 Å². The van der Waals surface area contributed by atoms with Crippen LogP contribution in [-0.4, -0.2) is 53.9 Å². The molecule has 18 heavy (non-hydrogen) atoms. The first-order valence-electron chi connectivity index (χ1n) is 4.86. The maximum atomic E-state index is 11.0. The number of imide groups is 1. The van der Waals surface area contributed by atoms with E-state index in [9.17, 15) is 9.59 Å². The number of primary amides is 4. The Balaban J connectivity index is 0. The zero-order valence-electron chi connectivity index (χ0n) is 10.0. The maximum absolute atomic E-state index is 11.0. The first kappa shape index (κ1) is 17.9. The Bertz CT molecular complexity index is 288. The van der Waals surface area contributed by atoms with Crippen LogP contribution in [0.2, 0.25) is 0 Å². The summed E-state index contributed by atoms with van der Waals surface area (Å²) in [4.78, 5) is 42.0. The van der Waals surface area contributed by atoms with Gasteiger partial charge in [-0.1, -0.05) is 0 Å². The van der Waals surface area contributed by atoms with Gasteiger partial charge in [0.1, 0.15) is 0 Å². The molecule has 1 saturated heterocycles. The molecule has 0 spiro atoms. The predicted molar refractivity (Wildman–Crippen MR) is 63.0 cm³/mol. The Morgan fingerprint density at radius 2 is 1.56 bits per heavy atom. The van der Waals surface area contributed by atoms with Gasteiger partial charge in [-0.05, 0) is 6.92 Å². The average molecular weight is 262 g/mol. The second-order valence-electron chi connectivity index (χ2n) is 2.97. The molecule has 10 nitrogen and oxygen atoms in total. The first-order valence-corrected chi connectivity index (χ1v) is 4.86. The van der Waals surface area contributed by atoms with E-state index in [4.69, 9.17) is 9.59 Å². The van der Waals surface area contributed by atoms with Crippen molar-refractivity contribution in [1.29, 1.82) is 0 Å². The van der Waals surface area contributed by atoms with E-state index in [2.05, 4.69) is 22.9 Å². The SMILES string of the molecule is CCN1CCN(C=O)C1=O.NC(N)=O.NC(N)=O. The first-order chi connectivity index (χ1) is 8.26. The molecule has 7 amide bonds. The third-order valence-electron chi connectivity index (χ3n) is 1.64. The van der Waals surface area contributed by atoms with Crippen LogP contribution in [-0.2, 0) is 4.79 Å². The van der Waals surface area contributed by atoms with Gasteiger partial charge in [0.2, 0.25) is 6.41 Å². The quantitative estimate of drug-likeness (QED) is 0.418. The maximum Gasteiger partial charge on any atom is 0.326 e. The molecule has 1 heterocycles. The Hall–Kier alpha value is -2.52. The van der Waals surface area contributed by atoms with Gasteiger partial charge in [0.05, 0.1) is 0 Å². The van der Waals surface area contributed by atoms with Crippen LogP contribution in [0.25, 0.3) is 0 Å². The molecule has 0 aromatic rings. The third kappa shape index (κ3) is 10.0. The fourth-order valence-corrected chi connectivity index (χ4v) is 0.993. The summed E-state index contributed by atoms with van der Waals surface area (Å²) in [6.45, 7) is 3.79. The van der Waals surface area contributed by atoms with Gasteiger partial charge in [-0.2, -0.15) is 0 Å². The van der Waals surface area contributed by atoms with E-state index in [1.807, 2.05) is 6.92 Å². The molecular weight excluding hydrogens is 244 g/mol. The van der Waals surface area contributed by atoms with Gasteiger partial charge in [-0.25, -0.2) is 14.4 Å². The zero-order valence-corrected chi connectivity index (χ0v) is 10.0. The van der Waals surface area contributed by atoms with E-state index in [1.54, 1.807) is 4.90 Å². The molecule has 0 bridgehead atoms. The summed E-state index contributed by atoms with van der Waals surface area (Å²) in [6, 6.07) is -1.84. The highest BCUT2D eigenvalue weighted by molar-refractivity contribution is 5.86. The van der Waals surface area contributed by atoms with Gasteiger partial charge in [0, 0.05) is 19.6 Å². The lowest BCUT2D eigenvalue weighted by Gasteiger charge is -2.10. The summed E-state index contributed by atoms with van der Waals surface area (Å²) < 4.78 is 0. The van der Waals surface area contributed by atoms with Crippen LogP contribution in [0.3, 0.4) is 0 Å². The number of likely N-dealkylation sites (N-methyl/N-ethyl adjacent to an activating group) is 1. The summed E-state index contributed by atoms with van der Waals surface area (Å²) in [7, 11) is 0. The zero-order chi connectivity index (χ0) is 14.7. The van der Waals surface area contributed by atoms with Crippen molar-refractivity contribution in [3.63, 3.8) is 0 Å². The van der Waals surface area contributed by atoms with Crippen molar-refractivity contribution in [2.45, 2.75) is 6.92 Å². The number of rotatable bonds is 2. The van der Waals surface area contributed by atoms with E-state index in [0.29, 0.717) is 26.0 Å². The number of carbonyl (C=O) groups excluding carboxylic acids is 4. The fraction of sp³-hybridized carbons (Fsp3) is 0.500. The standard InChI is InChI=1S/C6H10N2O2.2CH4N2O/c1-2-7-3-4-8(5-9)6(7)10;2*2-1(3)4/h5H,2-4H2,1H3;2*(H4,2,3,4). The molecule has 104 valence electrons. The van der Waals surface area contributed by atoms with Crippen LogP contribution >= 0.6 is 0 Å². The molecular formula is C8H18N6O4. The number of urea groups is 3. The van der Waals surface area contributed by atoms with Crippen LogP contribution in [0.1, 0.15) is 6.92 Å². The van der Waals surface area contributed by atoms with Crippen LogP contribution in [0.5, 0.6) is 0 Å². The molecule has 0 unspecified atom stereocenters. The molecule has 8 N–H and O–H groups in total. The topological polar surface area (TPSA) is 179 Å². The van der Waals surface area contributed by atoms with Crippen molar-refractivity contribution in [1.82, 2.24) is 9.80 Å². The second-order valence-corrected chi connectivity index (χ2v) is 2.97. The number of hydrogen-bond donors (Lipinski definition) is 4. The Kier molecular flexibility index (Phi) is 9.61. The second kappa shape index (κ2) is 9.69. The van der Waals surface area contributed by atoms with Crippen LogP contribution in [0.15, 0.2) is 0 Å². The van der Waals surface area contributed by atoms with Gasteiger partial charge in [0.25, 0.3) is 0 Å². The molecule has 0 aromatic heterocycles. The number of carbonyl (C=O) groups is 4. The smallest absolute Gasteiger partial charge is 0.326 e. The summed E-state index contributed by atoms with van der Waals surface area (Å²) in [5, 5.41) is 0. The van der Waals surface area contributed by atoms with Crippen molar-refractivity contribution in [3.8, 4) is 0 Å². The molecule has 1 rings (SSSR count). The van der Waals surface area contributed by atoms with Crippen LogP contribution in [0, 0.1) is 0 Å². The largest absolute Gasteiger partial charge is 0.352 e. The van der Waals surface area contributed by atoms with E-state index in [-0.39, 0.29) is 6.03 Å². The lowest BCUT2D eigenvalue weighted by Crippen LogP contribution is -2.30. The molecule has 0 saturated carbocycles. The summed E-state index contributed by atoms with van der Waals surface area (Å²) in [5.74, 6) is 0. The predicted octanol–water partition coefficient (Wildman–Crippen LogP) is -2.05. The Labute approximate surface area is 104 Å². The van der Waals surface area contributed by atoms with E-state index in [1.165, 1.54) is 4.90 Å². The minimum absolute atomic E-state index is 0.169. The Morgan fingerprint density at radius 3 is 1.72 bits per heavy atom. The fourth-order valence-electron chi connectivity index (χ4n) is 0.993. The van der Waals surface area contributed by atoms with Gasteiger partial charge in [-0.3, -0.25) is 9.69 Å². The monoisotopic (exact) mass is 262 g/mol. The summed E-state index contributed by atoms with van der Waals surface area (Å²) in [5.41, 5.74) is 17.0. The molecule has 0 radical (unpaired) electrons. The van der Waals surface area contributed by atoms with Crippen LogP contribution < -0.4 is 22.9 Å².